The van der Waals surface area contributed by atoms with E-state index in [-0.39, 0.29) is 68.5 Å². The summed E-state index contributed by atoms with van der Waals surface area (Å²) in [6, 6.07) is 26.5. The molecular formula is C55H73BrF4N4O4S2. The number of halogens is 5. The number of hydrogen-bond acceptors (Lipinski definition) is 7. The van der Waals surface area contributed by atoms with Crippen LogP contribution in [0, 0.1) is 34.1 Å². The number of nitrogens with one attached hydrogen (secondary N) is 2. The Balaban J connectivity index is 0.000000239. The highest BCUT2D eigenvalue weighted by atomic mass is 79.9. The van der Waals surface area contributed by atoms with Gasteiger partial charge >= 0.3 is 6.09 Å². The van der Waals surface area contributed by atoms with Gasteiger partial charge in [0, 0.05) is 72.5 Å². The van der Waals surface area contributed by atoms with Gasteiger partial charge in [-0.3, -0.25) is 9.59 Å². The molecule has 0 atom stereocenters. The maximum absolute atomic E-state index is 13.4. The van der Waals surface area contributed by atoms with Gasteiger partial charge < -0.3 is 25.2 Å². The Morgan fingerprint density at radius 1 is 0.557 bits per heavy atom. The van der Waals surface area contributed by atoms with Crippen LogP contribution in [0.25, 0.3) is 0 Å². The van der Waals surface area contributed by atoms with Gasteiger partial charge in [-0.2, -0.15) is 0 Å². The van der Waals surface area contributed by atoms with Crippen LogP contribution in [0.15, 0.2) is 97.1 Å². The van der Waals surface area contributed by atoms with Crippen LogP contribution < -0.4 is 10.6 Å². The van der Waals surface area contributed by atoms with Crippen molar-refractivity contribution in [3.05, 3.63) is 143 Å². The topological polar surface area (TPSA) is 91.0 Å². The van der Waals surface area contributed by atoms with Crippen molar-refractivity contribution in [3.8, 4) is 0 Å². The number of likely N-dealkylation sites (tertiary alicyclic amines) is 2. The molecule has 0 bridgehead atoms. The van der Waals surface area contributed by atoms with Gasteiger partial charge in [0.05, 0.1) is 10.5 Å². The van der Waals surface area contributed by atoms with Gasteiger partial charge in [0.25, 0.3) is 0 Å². The molecule has 3 amide bonds. The summed E-state index contributed by atoms with van der Waals surface area (Å²) in [5.74, 6) is 1.20. The second-order valence-corrected chi connectivity index (χ2v) is 23.8. The van der Waals surface area contributed by atoms with Crippen molar-refractivity contribution < 1.29 is 36.7 Å². The van der Waals surface area contributed by atoms with Crippen LogP contribution in [0.4, 0.5) is 22.4 Å². The zero-order chi connectivity index (χ0) is 51.6. The smallest absolute Gasteiger partial charge is 0.407 e. The maximum Gasteiger partial charge on any atom is 0.407 e. The Kier molecular flexibility index (Phi) is 23.1. The number of benzene rings is 4. The molecule has 2 aliphatic rings. The average molecular weight is 1070 g/mol. The molecule has 384 valence electrons. The van der Waals surface area contributed by atoms with E-state index in [2.05, 4.69) is 26.6 Å². The first-order chi connectivity index (χ1) is 32.9. The molecule has 2 aliphatic heterocycles. The molecule has 2 saturated heterocycles. The van der Waals surface area contributed by atoms with Crippen molar-refractivity contribution in [1.82, 2.24) is 20.4 Å². The molecule has 0 saturated carbocycles. The maximum atomic E-state index is 13.4. The highest BCUT2D eigenvalue weighted by molar-refractivity contribution is 9.09. The van der Waals surface area contributed by atoms with Crippen LogP contribution in [-0.4, -0.2) is 95.0 Å². The van der Waals surface area contributed by atoms with E-state index in [0.29, 0.717) is 19.1 Å². The molecule has 0 spiro atoms. The summed E-state index contributed by atoms with van der Waals surface area (Å²) in [5.41, 5.74) is 2.92. The Labute approximate surface area is 431 Å². The minimum atomic E-state index is -0.479. The van der Waals surface area contributed by atoms with Crippen molar-refractivity contribution in [3.63, 3.8) is 0 Å². The van der Waals surface area contributed by atoms with E-state index in [1.54, 1.807) is 72.1 Å². The Bertz CT molecular complexity index is 2110. The van der Waals surface area contributed by atoms with Gasteiger partial charge in [0.15, 0.2) is 0 Å². The molecule has 2 fully saturated rings. The van der Waals surface area contributed by atoms with Crippen molar-refractivity contribution >= 4 is 57.4 Å². The second-order valence-electron chi connectivity index (χ2n) is 20.6. The van der Waals surface area contributed by atoms with Crippen LogP contribution >= 0.6 is 39.5 Å². The number of carbonyl (C=O) groups excluding carboxylic acids is 3. The third-order valence-electron chi connectivity index (χ3n) is 11.4. The fourth-order valence-electron chi connectivity index (χ4n) is 7.86. The number of alkyl carbamates (subject to hydrolysis) is 1. The van der Waals surface area contributed by atoms with Crippen LogP contribution in [0.1, 0.15) is 121 Å². The van der Waals surface area contributed by atoms with Crippen molar-refractivity contribution in [2.75, 3.05) is 49.6 Å². The summed E-state index contributed by atoms with van der Waals surface area (Å²) in [5, 5.41) is 7.50. The fourth-order valence-corrected chi connectivity index (χ4v) is 10.6. The van der Waals surface area contributed by atoms with E-state index >= 15 is 0 Å². The van der Waals surface area contributed by atoms with Gasteiger partial charge in [-0.05, 0) is 117 Å². The number of nitrogens with zero attached hydrogens (tertiary/aromatic N) is 2. The van der Waals surface area contributed by atoms with Gasteiger partial charge in [-0.25, -0.2) is 22.4 Å². The summed E-state index contributed by atoms with van der Waals surface area (Å²) in [4.78, 5) is 40.1. The molecule has 0 aliphatic carbocycles. The fraction of sp³-hybridized carbons (Fsp3) is 0.509. The Morgan fingerprint density at radius 3 is 1.17 bits per heavy atom. The minimum absolute atomic E-state index is 0.0225. The number of alkyl halides is 1. The quantitative estimate of drug-likeness (QED) is 0.0783. The van der Waals surface area contributed by atoms with Gasteiger partial charge in [-0.15, -0.1) is 23.5 Å². The Morgan fingerprint density at radius 2 is 0.871 bits per heavy atom. The SMILES string of the molecule is CC(C)(C)C(=O)N1CCC(NCCSC(c2ccc(F)cc2)c2ccc(F)cc2)CC1.CC(C)(C)OC(=O)NC1CCN(C(=O)C(C)(C)C)CC1.Fc1ccc(C(SCCBr)c2ccc(F)cc2)cc1. The highest BCUT2D eigenvalue weighted by Gasteiger charge is 2.32. The van der Waals surface area contributed by atoms with Crippen LogP contribution in [0.3, 0.4) is 0 Å². The van der Waals surface area contributed by atoms with E-state index in [9.17, 15) is 31.9 Å². The second kappa shape index (κ2) is 27.7. The van der Waals surface area contributed by atoms with Crippen LogP contribution in [0.5, 0.6) is 0 Å². The molecule has 2 heterocycles. The number of piperidine rings is 2. The Hall–Kier alpha value is -4.05. The van der Waals surface area contributed by atoms with E-state index in [0.717, 1.165) is 84.4 Å². The zero-order valence-electron chi connectivity index (χ0n) is 42.3. The number of hydrogen-bond donors (Lipinski definition) is 2. The normalized spacial score (nSPS) is 14.9. The molecule has 4 aromatic rings. The number of ether oxygens (including phenoxy) is 1. The molecule has 0 unspecified atom stereocenters. The average Bonchev–Trinajstić information content (AvgIpc) is 3.30. The summed E-state index contributed by atoms with van der Waals surface area (Å²) < 4.78 is 58.0. The largest absolute Gasteiger partial charge is 0.444 e. The first kappa shape index (κ1) is 58.5. The lowest BCUT2D eigenvalue weighted by Crippen LogP contribution is -2.49. The molecule has 0 radical (unpaired) electrons. The highest BCUT2D eigenvalue weighted by Crippen LogP contribution is 2.37. The molecule has 0 aromatic heterocycles. The summed E-state index contributed by atoms with van der Waals surface area (Å²) in [6.07, 6.45) is 3.11. The lowest BCUT2D eigenvalue weighted by Gasteiger charge is -2.36. The van der Waals surface area contributed by atoms with Crippen molar-refractivity contribution in [2.45, 2.75) is 116 Å². The lowest BCUT2D eigenvalue weighted by molar-refractivity contribution is -0.141. The lowest BCUT2D eigenvalue weighted by atomic mass is 9.93. The molecule has 2 N–H and O–H groups in total. The van der Waals surface area contributed by atoms with Crippen molar-refractivity contribution in [2.24, 2.45) is 10.8 Å². The van der Waals surface area contributed by atoms with E-state index in [4.69, 9.17) is 4.74 Å². The van der Waals surface area contributed by atoms with E-state index in [1.165, 1.54) is 48.5 Å². The standard InChI is InChI=1S/C25H32F2N2OS.C15H13BrF2S.C15H28N2O3/c1-25(2,3)24(30)29-15-12-22(13-16-29)28-14-17-31-23(18-4-8-20(26)9-5-18)19-6-10-21(27)11-7-19;16-9-10-19-15(11-1-5-13(17)6-2-11)12-3-7-14(18)8-4-12;1-14(2,3)12(18)17-9-7-11(8-10-17)16-13(19)20-15(4,5)6/h4-11,22-23,28H,12-17H2,1-3H3;1-8,15H,9-10H2;11H,7-10H2,1-6H3,(H,16,19). The molecule has 8 nitrogen and oxygen atoms in total. The van der Waals surface area contributed by atoms with Gasteiger partial charge in [0.1, 0.15) is 28.9 Å². The molecular weight excluding hydrogens is 1000 g/mol. The summed E-state index contributed by atoms with van der Waals surface area (Å²) in [6.45, 7) is 21.1. The third kappa shape index (κ3) is 20.2. The predicted octanol–water partition coefficient (Wildman–Crippen LogP) is 13.1. The summed E-state index contributed by atoms with van der Waals surface area (Å²) >= 11 is 6.92. The molecule has 70 heavy (non-hydrogen) atoms. The number of rotatable bonds is 13. The number of thioether (sulfide) groups is 2. The summed E-state index contributed by atoms with van der Waals surface area (Å²) in [7, 11) is 0. The zero-order valence-corrected chi connectivity index (χ0v) is 45.5. The molecule has 15 heteroatoms. The third-order valence-corrected chi connectivity index (χ3v) is 15.0. The van der Waals surface area contributed by atoms with Crippen LogP contribution in [-0.2, 0) is 14.3 Å². The van der Waals surface area contributed by atoms with Crippen LogP contribution in [0.2, 0.25) is 0 Å². The van der Waals surface area contributed by atoms with E-state index < -0.39 is 5.60 Å². The number of amides is 3. The predicted molar refractivity (Wildman–Crippen MR) is 283 cm³/mol. The van der Waals surface area contributed by atoms with E-state index in [1.807, 2.05) is 72.1 Å². The van der Waals surface area contributed by atoms with Crippen molar-refractivity contribution in [1.29, 1.82) is 0 Å². The minimum Gasteiger partial charge on any atom is -0.444 e. The molecule has 6 rings (SSSR count). The monoisotopic (exact) mass is 1070 g/mol. The first-order valence-corrected chi connectivity index (χ1v) is 27.3. The molecule has 4 aromatic carbocycles. The van der Waals surface area contributed by atoms with Gasteiger partial charge in [0.2, 0.25) is 11.8 Å². The number of carbonyl (C=O) groups is 3. The van der Waals surface area contributed by atoms with Gasteiger partial charge in [-0.1, -0.05) is 106 Å². The first-order valence-electron chi connectivity index (χ1n) is 24.1.